The number of urea groups is 1. The van der Waals surface area contributed by atoms with Gasteiger partial charge in [-0.2, -0.15) is 0 Å². The molecule has 0 aliphatic rings. The largest absolute Gasteiger partial charge is 0.481 e. The van der Waals surface area contributed by atoms with E-state index in [-0.39, 0.29) is 6.42 Å². The van der Waals surface area contributed by atoms with Crippen molar-refractivity contribution in [2.24, 2.45) is 0 Å². The van der Waals surface area contributed by atoms with E-state index in [0.717, 1.165) is 5.41 Å². The molecule has 0 bridgehead atoms. The van der Waals surface area contributed by atoms with Crippen molar-refractivity contribution in [2.45, 2.75) is 18.9 Å². The first-order chi connectivity index (χ1) is 11.2. The van der Waals surface area contributed by atoms with Crippen molar-refractivity contribution in [1.82, 2.24) is 10.0 Å². The quantitative estimate of drug-likeness (QED) is 0.533. The zero-order chi connectivity index (χ0) is 18.2. The van der Waals surface area contributed by atoms with Crippen molar-refractivity contribution in [3.8, 4) is 0 Å². The van der Waals surface area contributed by atoms with E-state index in [4.69, 9.17) is 10.2 Å². The highest BCUT2D eigenvalue weighted by Crippen LogP contribution is 2.03. The number of amides is 2. The topological polar surface area (TPSA) is 150 Å². The van der Waals surface area contributed by atoms with Gasteiger partial charge in [0.1, 0.15) is 6.04 Å². The van der Waals surface area contributed by atoms with E-state index in [0.29, 0.717) is 5.56 Å². The molecule has 1 aromatic rings. The third-order valence-electron chi connectivity index (χ3n) is 2.72. The fourth-order valence-corrected chi connectivity index (χ4v) is 2.33. The summed E-state index contributed by atoms with van der Waals surface area (Å²) in [6.45, 7) is 0. The smallest absolute Gasteiger partial charge is 0.329 e. The molecule has 0 heterocycles. The molecule has 0 aliphatic carbocycles. The molecule has 0 saturated carbocycles. The second kappa shape index (κ2) is 8.67. The van der Waals surface area contributed by atoms with Crippen LogP contribution in [0.25, 0.3) is 6.08 Å². The lowest BCUT2D eigenvalue weighted by molar-refractivity contribution is -0.140. The van der Waals surface area contributed by atoms with Crippen molar-refractivity contribution in [3.63, 3.8) is 0 Å². The van der Waals surface area contributed by atoms with Gasteiger partial charge in [0.15, 0.2) is 0 Å². The molecule has 130 valence electrons. The summed E-state index contributed by atoms with van der Waals surface area (Å²) in [5.41, 5.74) is 0.591. The Morgan fingerprint density at radius 3 is 2.29 bits per heavy atom. The molecule has 1 aromatic carbocycles. The molecule has 1 atom stereocenters. The minimum absolute atomic E-state index is 0.377. The zero-order valence-electron chi connectivity index (χ0n) is 12.4. The van der Waals surface area contributed by atoms with E-state index in [2.05, 4.69) is 0 Å². The number of carbonyl (C=O) groups is 3. The van der Waals surface area contributed by atoms with E-state index < -0.39 is 40.5 Å². The fraction of sp³-hybridized carbons (Fsp3) is 0.214. The number of rotatable bonds is 8. The average molecular weight is 356 g/mol. The van der Waals surface area contributed by atoms with Gasteiger partial charge in [-0.3, -0.25) is 4.79 Å². The number of carboxylic acids is 2. The highest BCUT2D eigenvalue weighted by atomic mass is 32.2. The molecule has 0 fully saturated rings. The van der Waals surface area contributed by atoms with Crippen LogP contribution >= 0.6 is 0 Å². The van der Waals surface area contributed by atoms with E-state index >= 15 is 0 Å². The van der Waals surface area contributed by atoms with Crippen LogP contribution in [0.15, 0.2) is 35.7 Å². The third-order valence-corrected chi connectivity index (χ3v) is 3.69. The lowest BCUT2D eigenvalue weighted by atomic mass is 10.1. The highest BCUT2D eigenvalue weighted by molar-refractivity contribution is 7.93. The van der Waals surface area contributed by atoms with Crippen LogP contribution in [0, 0.1) is 0 Å². The van der Waals surface area contributed by atoms with Crippen LogP contribution < -0.4 is 10.0 Å². The highest BCUT2D eigenvalue weighted by Gasteiger charge is 2.22. The summed E-state index contributed by atoms with van der Waals surface area (Å²) in [4.78, 5) is 32.9. The third kappa shape index (κ3) is 7.40. The summed E-state index contributed by atoms with van der Waals surface area (Å²) < 4.78 is 25.1. The van der Waals surface area contributed by atoms with Gasteiger partial charge in [0, 0.05) is 6.42 Å². The Labute approximate surface area is 138 Å². The minimum Gasteiger partial charge on any atom is -0.481 e. The van der Waals surface area contributed by atoms with Crippen LogP contribution in [0.4, 0.5) is 4.79 Å². The van der Waals surface area contributed by atoms with Gasteiger partial charge in [-0.25, -0.2) is 22.7 Å². The number of benzene rings is 1. The van der Waals surface area contributed by atoms with Crippen LogP contribution in [-0.2, 0) is 19.6 Å². The molecule has 2 amide bonds. The van der Waals surface area contributed by atoms with Gasteiger partial charge in [-0.1, -0.05) is 30.3 Å². The Balaban J connectivity index is 2.65. The standard InChI is InChI=1S/C14H16N2O7S/c17-12(18)7-6-11(13(19)20)15-14(21)16-24(22,23)9-8-10-4-2-1-3-5-10/h1-5,8-9,11H,6-7H2,(H,17,18)(H,19,20)(H2,15,16,21)/t11-/m0/s1. The van der Waals surface area contributed by atoms with Gasteiger partial charge in [-0.15, -0.1) is 0 Å². The van der Waals surface area contributed by atoms with E-state index in [1.807, 2.05) is 5.32 Å². The van der Waals surface area contributed by atoms with Crippen LogP contribution in [-0.4, -0.2) is 42.6 Å². The number of nitrogens with one attached hydrogen (secondary N) is 2. The van der Waals surface area contributed by atoms with Crippen LogP contribution in [0.2, 0.25) is 0 Å². The maximum Gasteiger partial charge on any atom is 0.329 e. The number of carbonyl (C=O) groups excluding carboxylic acids is 1. The Hall–Kier alpha value is -2.88. The summed E-state index contributed by atoms with van der Waals surface area (Å²) in [5.74, 6) is -2.70. The molecule has 0 radical (unpaired) electrons. The second-order valence-electron chi connectivity index (χ2n) is 4.66. The maximum atomic E-state index is 11.7. The molecule has 1 rings (SSSR count). The first-order valence-corrected chi connectivity index (χ1v) is 8.25. The van der Waals surface area contributed by atoms with Gasteiger partial charge in [0.05, 0.1) is 5.41 Å². The summed E-state index contributed by atoms with van der Waals surface area (Å²) >= 11 is 0. The Morgan fingerprint density at radius 2 is 1.75 bits per heavy atom. The Bertz CT molecular complexity index is 729. The summed E-state index contributed by atoms with van der Waals surface area (Å²) in [7, 11) is -4.13. The molecule has 10 heteroatoms. The lowest BCUT2D eigenvalue weighted by Gasteiger charge is -2.13. The lowest BCUT2D eigenvalue weighted by Crippen LogP contribution is -2.47. The molecule has 9 nitrogen and oxygen atoms in total. The molecule has 24 heavy (non-hydrogen) atoms. The van der Waals surface area contributed by atoms with Crippen LogP contribution in [0.3, 0.4) is 0 Å². The number of hydrogen-bond acceptors (Lipinski definition) is 5. The normalized spacial score (nSPS) is 12.5. The number of sulfonamides is 1. The molecule has 0 unspecified atom stereocenters. The predicted octanol–water partition coefficient (Wildman–Crippen LogP) is 0.604. The second-order valence-corrected chi connectivity index (χ2v) is 6.22. The first kappa shape index (κ1) is 19.2. The SMILES string of the molecule is O=C(O)CC[C@H](NC(=O)NS(=O)(=O)C=Cc1ccccc1)C(=O)O. The van der Waals surface area contributed by atoms with E-state index in [1.165, 1.54) is 6.08 Å². The molecule has 0 spiro atoms. The van der Waals surface area contributed by atoms with Crippen molar-refractivity contribution in [3.05, 3.63) is 41.3 Å². The summed E-state index contributed by atoms with van der Waals surface area (Å²) in [6, 6.07) is 5.68. The monoisotopic (exact) mass is 356 g/mol. The minimum atomic E-state index is -4.13. The first-order valence-electron chi connectivity index (χ1n) is 6.70. The maximum absolute atomic E-state index is 11.7. The molecular formula is C14H16N2O7S. The van der Waals surface area contributed by atoms with Crippen molar-refractivity contribution in [2.75, 3.05) is 0 Å². The van der Waals surface area contributed by atoms with Crippen molar-refractivity contribution in [1.29, 1.82) is 0 Å². The molecule has 0 aliphatic heterocycles. The van der Waals surface area contributed by atoms with Gasteiger partial charge in [-0.05, 0) is 18.1 Å². The van der Waals surface area contributed by atoms with Gasteiger partial charge in [0.25, 0.3) is 10.0 Å². The van der Waals surface area contributed by atoms with Gasteiger partial charge < -0.3 is 15.5 Å². The van der Waals surface area contributed by atoms with Gasteiger partial charge >= 0.3 is 18.0 Å². The van der Waals surface area contributed by atoms with Gasteiger partial charge in [0.2, 0.25) is 0 Å². The van der Waals surface area contributed by atoms with E-state index in [1.54, 1.807) is 35.1 Å². The zero-order valence-corrected chi connectivity index (χ0v) is 13.2. The Morgan fingerprint density at radius 1 is 1.12 bits per heavy atom. The summed E-state index contributed by atoms with van der Waals surface area (Å²) in [5, 5.41) is 20.1. The molecule has 4 N–H and O–H groups in total. The number of hydrogen-bond donors (Lipinski definition) is 4. The van der Waals surface area contributed by atoms with Crippen molar-refractivity contribution < 1.29 is 33.0 Å². The molecule has 0 aromatic heterocycles. The summed E-state index contributed by atoms with van der Waals surface area (Å²) in [6.07, 6.45) is 0.393. The molecule has 0 saturated heterocycles. The number of carboxylic acid groups (broad SMARTS) is 2. The fourth-order valence-electron chi connectivity index (χ4n) is 1.61. The number of aliphatic carboxylic acids is 2. The van der Waals surface area contributed by atoms with Crippen LogP contribution in [0.5, 0.6) is 0 Å². The van der Waals surface area contributed by atoms with Crippen LogP contribution in [0.1, 0.15) is 18.4 Å². The van der Waals surface area contributed by atoms with Crippen molar-refractivity contribution >= 4 is 34.1 Å². The van der Waals surface area contributed by atoms with E-state index in [9.17, 15) is 22.8 Å². The Kier molecular flexibility index (Phi) is 6.93. The molecular weight excluding hydrogens is 340 g/mol. The average Bonchev–Trinajstić information content (AvgIpc) is 2.49. The predicted molar refractivity (Wildman–Crippen MR) is 84.4 cm³/mol.